The largest absolute Gasteiger partial charge is 0.276 e. The molecule has 1 nitrogen and oxygen atoms in total. The van der Waals surface area contributed by atoms with Crippen molar-refractivity contribution in [2.24, 2.45) is 0 Å². The van der Waals surface area contributed by atoms with Crippen molar-refractivity contribution in [2.75, 3.05) is 0 Å². The third kappa shape index (κ3) is 5.59. The summed E-state index contributed by atoms with van der Waals surface area (Å²) >= 11 is 19.5. The zero-order valence-corrected chi connectivity index (χ0v) is 9.62. The molecule has 0 heterocycles. The molecule has 0 spiro atoms. The van der Waals surface area contributed by atoms with E-state index >= 15 is 0 Å². The average Bonchev–Trinajstić information content (AvgIpc) is 1.31. The molecular formula is C2Cl4OZn. The molecule has 0 atom stereocenters. The van der Waals surface area contributed by atoms with Gasteiger partial charge in [-0.25, -0.2) is 0 Å². The van der Waals surface area contributed by atoms with E-state index in [1.165, 1.54) is 0 Å². The van der Waals surface area contributed by atoms with Crippen LogP contribution in [-0.4, -0.2) is 9.03 Å². The number of carbonyl (C=O) groups excluding carboxylic acids is 1. The molecule has 0 radical (unpaired) electrons. The van der Waals surface area contributed by atoms with Gasteiger partial charge in [-0.05, 0) is 11.6 Å². The van der Waals surface area contributed by atoms with Crippen molar-refractivity contribution in [1.82, 2.24) is 0 Å². The normalized spacial score (nSPS) is 10.0. The summed E-state index contributed by atoms with van der Waals surface area (Å²) in [5.74, 6) is 0. The van der Waals surface area contributed by atoms with E-state index in [1.54, 1.807) is 0 Å². The van der Waals surface area contributed by atoms with Gasteiger partial charge in [-0.15, -0.1) is 0 Å². The van der Waals surface area contributed by atoms with Crippen molar-refractivity contribution in [3.05, 3.63) is 0 Å². The van der Waals surface area contributed by atoms with Gasteiger partial charge in [0.15, 0.2) is 0 Å². The van der Waals surface area contributed by atoms with Gasteiger partial charge in [0, 0.05) is 19.5 Å². The van der Waals surface area contributed by atoms with Crippen molar-refractivity contribution >= 4 is 51.6 Å². The van der Waals surface area contributed by atoms with Crippen LogP contribution in [0.25, 0.3) is 0 Å². The van der Waals surface area contributed by atoms with Crippen molar-refractivity contribution in [2.45, 2.75) is 3.79 Å². The Morgan fingerprint density at radius 2 is 1.38 bits per heavy atom. The van der Waals surface area contributed by atoms with Gasteiger partial charge in [-0.1, -0.05) is 34.8 Å². The number of carbonyl (C=O) groups is 1. The van der Waals surface area contributed by atoms with Crippen LogP contribution in [0.4, 0.5) is 0 Å². The second-order valence-corrected chi connectivity index (χ2v) is 3.40. The first kappa shape index (κ1) is 12.2. The third-order valence-corrected chi connectivity index (χ3v) is 1.31. The standard InChI is InChI=1S/C2Cl4O.Zn/c3-1(7)2(4,5)6;. The van der Waals surface area contributed by atoms with Crippen molar-refractivity contribution < 1.29 is 24.3 Å². The Bertz CT molecular complexity index is 86.5. The molecule has 0 fully saturated rings. The Balaban J connectivity index is 0. The maximum absolute atomic E-state index is 9.83. The smallest absolute Gasteiger partial charge is 0.273 e. The minimum absolute atomic E-state index is 0. The molecule has 0 aromatic heterocycles. The Morgan fingerprint density at radius 1 is 1.25 bits per heavy atom. The molecule has 0 amide bonds. The molecule has 0 aliphatic rings. The first-order chi connectivity index (χ1) is 2.94. The molecule has 6 heteroatoms. The van der Waals surface area contributed by atoms with Crippen LogP contribution in [0.2, 0.25) is 0 Å². The van der Waals surface area contributed by atoms with E-state index in [-0.39, 0.29) is 19.5 Å². The van der Waals surface area contributed by atoms with Crippen molar-refractivity contribution in [3.8, 4) is 0 Å². The van der Waals surface area contributed by atoms with Gasteiger partial charge in [-0.3, -0.25) is 4.79 Å². The SMILES string of the molecule is O=C(Cl)C(Cl)(Cl)Cl.[Zn]. The van der Waals surface area contributed by atoms with E-state index in [0.717, 1.165) is 0 Å². The first-order valence-electron chi connectivity index (χ1n) is 1.21. The molecule has 0 aromatic rings. The van der Waals surface area contributed by atoms with Crippen molar-refractivity contribution in [1.29, 1.82) is 0 Å². The summed E-state index contributed by atoms with van der Waals surface area (Å²) in [6.07, 6.45) is 0. The van der Waals surface area contributed by atoms with Gasteiger partial charge in [0.25, 0.3) is 9.03 Å². The van der Waals surface area contributed by atoms with Crippen LogP contribution in [0.1, 0.15) is 0 Å². The van der Waals surface area contributed by atoms with Gasteiger partial charge in [0.2, 0.25) is 0 Å². The predicted molar refractivity (Wildman–Crippen MR) is 31.1 cm³/mol. The van der Waals surface area contributed by atoms with E-state index in [4.69, 9.17) is 46.4 Å². The van der Waals surface area contributed by atoms with Crippen LogP contribution in [0, 0.1) is 0 Å². The zero-order valence-electron chi connectivity index (χ0n) is 3.63. The summed E-state index contributed by atoms with van der Waals surface area (Å²) in [5, 5.41) is -0.988. The monoisotopic (exact) mass is 244 g/mol. The van der Waals surface area contributed by atoms with E-state index in [9.17, 15) is 4.79 Å². The Labute approximate surface area is 79.4 Å². The topological polar surface area (TPSA) is 17.1 Å². The summed E-state index contributed by atoms with van der Waals surface area (Å²) in [5.41, 5.74) is 0. The van der Waals surface area contributed by atoms with Crippen LogP contribution in [0.15, 0.2) is 0 Å². The van der Waals surface area contributed by atoms with Gasteiger partial charge >= 0.3 is 0 Å². The Kier molecular flexibility index (Phi) is 6.53. The molecule has 8 heavy (non-hydrogen) atoms. The maximum atomic E-state index is 9.83. The minimum Gasteiger partial charge on any atom is -0.276 e. The fraction of sp³-hybridized carbons (Fsp3) is 0.500. The number of hydrogen-bond donors (Lipinski definition) is 0. The van der Waals surface area contributed by atoms with E-state index < -0.39 is 9.03 Å². The second kappa shape index (κ2) is 4.30. The molecule has 0 N–H and O–H groups in total. The third-order valence-electron chi connectivity index (χ3n) is 0.223. The molecule has 0 saturated carbocycles. The molecule has 44 valence electrons. The molecule has 0 aromatic carbocycles. The van der Waals surface area contributed by atoms with E-state index in [1.807, 2.05) is 0 Å². The predicted octanol–water partition coefficient (Wildman–Crippen LogP) is 2.12. The molecule has 0 rings (SSSR count). The quantitative estimate of drug-likeness (QED) is 0.364. The molecule has 0 saturated heterocycles. The van der Waals surface area contributed by atoms with Crippen molar-refractivity contribution in [3.63, 3.8) is 0 Å². The van der Waals surface area contributed by atoms with Crippen LogP contribution >= 0.6 is 46.4 Å². The number of halogens is 4. The Hall–Kier alpha value is 1.45. The zero-order chi connectivity index (χ0) is 6.08. The average molecular weight is 247 g/mol. The number of hydrogen-bond acceptors (Lipinski definition) is 1. The summed E-state index contributed by atoms with van der Waals surface area (Å²) in [7, 11) is 0. The van der Waals surface area contributed by atoms with Gasteiger partial charge in [0.1, 0.15) is 0 Å². The van der Waals surface area contributed by atoms with E-state index in [2.05, 4.69) is 0 Å². The fourth-order valence-electron chi connectivity index (χ4n) is 0. The Morgan fingerprint density at radius 3 is 1.38 bits per heavy atom. The first-order valence-corrected chi connectivity index (χ1v) is 2.72. The second-order valence-electron chi connectivity index (χ2n) is 0.771. The molecule has 0 bridgehead atoms. The summed E-state index contributed by atoms with van der Waals surface area (Å²) in [4.78, 5) is 9.83. The van der Waals surface area contributed by atoms with Crippen LogP contribution in [0.3, 0.4) is 0 Å². The summed E-state index contributed by atoms with van der Waals surface area (Å²) in [6, 6.07) is 0. The van der Waals surface area contributed by atoms with Gasteiger partial charge in [-0.2, -0.15) is 0 Å². The molecule has 0 aliphatic carbocycles. The van der Waals surface area contributed by atoms with Crippen LogP contribution < -0.4 is 0 Å². The summed E-state index contributed by atoms with van der Waals surface area (Å²) < 4.78 is -1.96. The molecule has 0 aliphatic heterocycles. The number of rotatable bonds is 0. The minimum atomic E-state index is -1.96. The fourth-order valence-corrected chi connectivity index (χ4v) is 0. The maximum Gasteiger partial charge on any atom is 0.273 e. The molecular weight excluding hydrogens is 247 g/mol. The van der Waals surface area contributed by atoms with Gasteiger partial charge < -0.3 is 0 Å². The molecule has 0 unspecified atom stereocenters. The van der Waals surface area contributed by atoms with Gasteiger partial charge in [0.05, 0.1) is 0 Å². The summed E-state index contributed by atoms with van der Waals surface area (Å²) in [6.45, 7) is 0. The van der Waals surface area contributed by atoms with Crippen LogP contribution in [-0.2, 0) is 24.3 Å². The van der Waals surface area contributed by atoms with E-state index in [0.29, 0.717) is 0 Å². The number of alkyl halides is 3. The van der Waals surface area contributed by atoms with Crippen LogP contribution in [0.5, 0.6) is 0 Å².